The predicted molar refractivity (Wildman–Crippen MR) is 56.4 cm³/mol. The smallest absolute Gasteiger partial charge is 0.142 e. The average Bonchev–Trinajstić information content (AvgIpc) is 3.05. The first-order valence-corrected chi connectivity index (χ1v) is 5.23. The van der Waals surface area contributed by atoms with Crippen molar-refractivity contribution in [2.24, 2.45) is 5.92 Å². The highest BCUT2D eigenvalue weighted by molar-refractivity contribution is 6.30. The van der Waals surface area contributed by atoms with Gasteiger partial charge in [0.25, 0.3) is 0 Å². The van der Waals surface area contributed by atoms with E-state index in [-0.39, 0.29) is 6.10 Å². The van der Waals surface area contributed by atoms with E-state index >= 15 is 0 Å². The first kappa shape index (κ1) is 10.4. The summed E-state index contributed by atoms with van der Waals surface area (Å²) in [5, 5.41) is 9.05. The molecule has 1 aliphatic carbocycles. The van der Waals surface area contributed by atoms with Crippen LogP contribution >= 0.6 is 11.6 Å². The van der Waals surface area contributed by atoms with Crippen LogP contribution in [0.4, 0.5) is 0 Å². The zero-order valence-corrected chi connectivity index (χ0v) is 9.16. The molecule has 0 aromatic carbocycles. The van der Waals surface area contributed by atoms with Gasteiger partial charge in [-0.25, -0.2) is 4.98 Å². The highest BCUT2D eigenvalue weighted by atomic mass is 35.5. The number of aromatic nitrogens is 1. The van der Waals surface area contributed by atoms with Crippen molar-refractivity contribution in [1.82, 2.24) is 4.98 Å². The van der Waals surface area contributed by atoms with Gasteiger partial charge in [-0.15, -0.1) is 0 Å². The van der Waals surface area contributed by atoms with E-state index in [1.165, 1.54) is 12.8 Å². The Morgan fingerprint density at radius 3 is 2.80 bits per heavy atom. The van der Waals surface area contributed by atoms with E-state index < -0.39 is 0 Å². The fourth-order valence-corrected chi connectivity index (χ4v) is 1.95. The number of rotatable bonds is 3. The van der Waals surface area contributed by atoms with Crippen LogP contribution in [0.25, 0.3) is 0 Å². The number of nitrogens with zero attached hydrogens (tertiary/aromatic N) is 2. The molecular weight excluding hydrogens is 212 g/mol. The quantitative estimate of drug-likeness (QED) is 0.739. The number of halogens is 1. The van der Waals surface area contributed by atoms with Crippen LogP contribution in [0.2, 0.25) is 5.15 Å². The van der Waals surface area contributed by atoms with Crippen LogP contribution in [-0.2, 0) is 4.74 Å². The van der Waals surface area contributed by atoms with E-state index in [0.717, 1.165) is 5.56 Å². The first-order chi connectivity index (χ1) is 7.26. The van der Waals surface area contributed by atoms with Crippen LogP contribution in [0.3, 0.4) is 0 Å². The summed E-state index contributed by atoms with van der Waals surface area (Å²) in [6, 6.07) is 5.47. The van der Waals surface area contributed by atoms with Gasteiger partial charge in [-0.05, 0) is 24.8 Å². The third-order valence-corrected chi connectivity index (χ3v) is 2.91. The summed E-state index contributed by atoms with van der Waals surface area (Å²) in [5.41, 5.74) is 1.23. The topological polar surface area (TPSA) is 45.9 Å². The van der Waals surface area contributed by atoms with Crippen molar-refractivity contribution >= 4 is 11.6 Å². The van der Waals surface area contributed by atoms with E-state index in [1.54, 1.807) is 13.2 Å². The lowest BCUT2D eigenvalue weighted by Crippen LogP contribution is -2.05. The zero-order chi connectivity index (χ0) is 10.8. The molecule has 1 heterocycles. The van der Waals surface area contributed by atoms with Crippen molar-refractivity contribution in [2.75, 3.05) is 7.11 Å². The molecule has 78 valence electrons. The van der Waals surface area contributed by atoms with Gasteiger partial charge in [-0.2, -0.15) is 5.26 Å². The maximum Gasteiger partial charge on any atom is 0.142 e. The molecule has 15 heavy (non-hydrogen) atoms. The standard InChI is InChI=1S/C11H11ClN2O/c1-15-10(7-2-3-7)9-5-4-8(6-13)14-11(9)12/h4-5,7,10H,2-3H2,1H3. The minimum absolute atomic E-state index is 0.0257. The number of pyridine rings is 1. The molecule has 1 aromatic rings. The lowest BCUT2D eigenvalue weighted by Gasteiger charge is -2.15. The van der Waals surface area contributed by atoms with Crippen LogP contribution in [-0.4, -0.2) is 12.1 Å². The zero-order valence-electron chi connectivity index (χ0n) is 8.40. The number of hydrogen-bond acceptors (Lipinski definition) is 3. The number of methoxy groups -OCH3 is 1. The van der Waals surface area contributed by atoms with Crippen LogP contribution in [0, 0.1) is 17.2 Å². The molecule has 3 nitrogen and oxygen atoms in total. The molecule has 1 aromatic heterocycles. The van der Waals surface area contributed by atoms with Gasteiger partial charge in [-0.1, -0.05) is 17.7 Å². The Hall–Kier alpha value is -1.11. The van der Waals surface area contributed by atoms with E-state index in [0.29, 0.717) is 16.8 Å². The van der Waals surface area contributed by atoms with Crippen LogP contribution in [0.15, 0.2) is 12.1 Å². The van der Waals surface area contributed by atoms with Crippen molar-refractivity contribution in [2.45, 2.75) is 18.9 Å². The lowest BCUT2D eigenvalue weighted by atomic mass is 10.1. The van der Waals surface area contributed by atoms with Crippen LogP contribution < -0.4 is 0 Å². The van der Waals surface area contributed by atoms with Crippen molar-refractivity contribution in [3.05, 3.63) is 28.5 Å². The number of nitriles is 1. The molecule has 4 heteroatoms. The fourth-order valence-electron chi connectivity index (χ4n) is 1.69. The molecule has 1 fully saturated rings. The van der Waals surface area contributed by atoms with E-state index in [2.05, 4.69) is 4.98 Å². The van der Waals surface area contributed by atoms with Crippen molar-refractivity contribution < 1.29 is 4.74 Å². The Morgan fingerprint density at radius 1 is 1.60 bits per heavy atom. The molecule has 1 unspecified atom stereocenters. The molecule has 2 rings (SSSR count). The molecule has 0 bridgehead atoms. The third kappa shape index (κ3) is 2.11. The lowest BCUT2D eigenvalue weighted by molar-refractivity contribution is 0.0844. The van der Waals surface area contributed by atoms with Gasteiger partial charge in [0.05, 0.1) is 6.10 Å². The summed E-state index contributed by atoms with van der Waals surface area (Å²) in [6.07, 6.45) is 2.38. The minimum Gasteiger partial charge on any atom is -0.376 e. The Balaban J connectivity index is 2.31. The number of ether oxygens (including phenoxy) is 1. The monoisotopic (exact) mass is 222 g/mol. The van der Waals surface area contributed by atoms with Gasteiger partial charge < -0.3 is 4.74 Å². The van der Waals surface area contributed by atoms with Gasteiger partial charge in [-0.3, -0.25) is 0 Å². The number of hydrogen-bond donors (Lipinski definition) is 0. The molecular formula is C11H11ClN2O. The first-order valence-electron chi connectivity index (χ1n) is 4.85. The molecule has 0 N–H and O–H groups in total. The molecule has 0 spiro atoms. The third-order valence-electron chi connectivity index (χ3n) is 2.60. The molecule has 0 saturated heterocycles. The van der Waals surface area contributed by atoms with E-state index in [1.807, 2.05) is 12.1 Å². The van der Waals surface area contributed by atoms with Gasteiger partial charge in [0.1, 0.15) is 16.9 Å². The largest absolute Gasteiger partial charge is 0.376 e. The second-order valence-corrected chi connectivity index (χ2v) is 4.04. The summed E-state index contributed by atoms with van der Waals surface area (Å²) in [6.45, 7) is 0. The SMILES string of the molecule is COC(c1ccc(C#N)nc1Cl)C1CC1. The van der Waals surface area contributed by atoms with Crippen molar-refractivity contribution in [1.29, 1.82) is 5.26 Å². The predicted octanol–water partition coefficient (Wildman–Crippen LogP) is 2.70. The van der Waals surface area contributed by atoms with Crippen LogP contribution in [0.5, 0.6) is 0 Å². The Morgan fingerprint density at radius 2 is 2.33 bits per heavy atom. The second kappa shape index (κ2) is 4.18. The van der Waals surface area contributed by atoms with Gasteiger partial charge in [0, 0.05) is 12.7 Å². The maximum atomic E-state index is 8.67. The molecule has 0 radical (unpaired) electrons. The normalized spacial score (nSPS) is 17.1. The summed E-state index contributed by atoms with van der Waals surface area (Å²) >= 11 is 6.01. The Kier molecular flexibility index (Phi) is 2.90. The van der Waals surface area contributed by atoms with E-state index in [9.17, 15) is 0 Å². The van der Waals surface area contributed by atoms with Crippen LogP contribution in [0.1, 0.15) is 30.2 Å². The van der Waals surface area contributed by atoms with Crippen molar-refractivity contribution in [3.8, 4) is 6.07 Å². The molecule has 0 aliphatic heterocycles. The average molecular weight is 223 g/mol. The maximum absolute atomic E-state index is 8.67. The highest BCUT2D eigenvalue weighted by Gasteiger charge is 2.33. The van der Waals surface area contributed by atoms with Gasteiger partial charge >= 0.3 is 0 Å². The summed E-state index contributed by atoms with van der Waals surface area (Å²) in [7, 11) is 1.68. The minimum atomic E-state index is 0.0257. The Bertz CT molecular complexity index is 410. The molecule has 0 amide bonds. The highest BCUT2D eigenvalue weighted by Crippen LogP contribution is 2.44. The molecule has 1 aliphatic rings. The van der Waals surface area contributed by atoms with Crippen molar-refractivity contribution in [3.63, 3.8) is 0 Å². The van der Waals surface area contributed by atoms with E-state index in [4.69, 9.17) is 21.6 Å². The van der Waals surface area contributed by atoms with Gasteiger partial charge in [0.2, 0.25) is 0 Å². The summed E-state index contributed by atoms with van der Waals surface area (Å²) in [4.78, 5) is 3.99. The van der Waals surface area contributed by atoms with Gasteiger partial charge in [0.15, 0.2) is 0 Å². The summed E-state index contributed by atoms with van der Waals surface area (Å²) < 4.78 is 5.41. The Labute approximate surface area is 93.6 Å². The fraction of sp³-hybridized carbons (Fsp3) is 0.455. The summed E-state index contributed by atoms with van der Waals surface area (Å²) in [5.74, 6) is 0.558. The molecule has 1 saturated carbocycles. The second-order valence-electron chi connectivity index (χ2n) is 3.68. The molecule has 1 atom stereocenters.